The number of carbonyl (C=O) groups is 2. The Bertz CT molecular complexity index is 978. The van der Waals surface area contributed by atoms with E-state index in [2.05, 4.69) is 5.10 Å². The molecule has 0 radical (unpaired) electrons. The second-order valence-corrected chi connectivity index (χ2v) is 12.4. The fourth-order valence-corrected chi connectivity index (χ4v) is 6.50. The SMILES string of the molecule is CN(C)CCOCC(C)(C)S(=O)(=O)C1(CN2CCc3c(C(=O)O)nn(C)c3C2=O)CC1. The molecule has 1 N–H and O–H groups in total. The zero-order valence-corrected chi connectivity index (χ0v) is 19.7. The number of rotatable bonds is 10. The molecule has 0 bridgehead atoms. The van der Waals surface area contributed by atoms with E-state index >= 15 is 0 Å². The minimum Gasteiger partial charge on any atom is -0.476 e. The van der Waals surface area contributed by atoms with E-state index in [1.165, 1.54) is 16.6 Å². The maximum atomic E-state index is 13.5. The monoisotopic (exact) mass is 456 g/mol. The van der Waals surface area contributed by atoms with Crippen molar-refractivity contribution in [3.05, 3.63) is 17.0 Å². The van der Waals surface area contributed by atoms with Crippen LogP contribution in [0.15, 0.2) is 0 Å². The van der Waals surface area contributed by atoms with E-state index in [1.54, 1.807) is 13.8 Å². The number of carboxylic acid groups (broad SMARTS) is 1. The van der Waals surface area contributed by atoms with Crippen LogP contribution in [0.1, 0.15) is 53.2 Å². The Morgan fingerprint density at radius 1 is 1.32 bits per heavy atom. The van der Waals surface area contributed by atoms with Crippen molar-refractivity contribution in [2.75, 3.05) is 46.9 Å². The van der Waals surface area contributed by atoms with Crippen molar-refractivity contribution in [2.24, 2.45) is 7.05 Å². The first-order valence-corrected chi connectivity index (χ1v) is 11.9. The Labute approximate surface area is 183 Å². The topological polar surface area (TPSA) is 122 Å². The zero-order valence-electron chi connectivity index (χ0n) is 18.8. The van der Waals surface area contributed by atoms with Crippen LogP contribution in [0.25, 0.3) is 0 Å². The molecular weight excluding hydrogens is 424 g/mol. The molecule has 0 spiro atoms. The van der Waals surface area contributed by atoms with Gasteiger partial charge in [0.15, 0.2) is 15.5 Å². The molecule has 2 heterocycles. The van der Waals surface area contributed by atoms with Gasteiger partial charge in [0.25, 0.3) is 5.91 Å². The molecule has 1 fully saturated rings. The van der Waals surface area contributed by atoms with Crippen LogP contribution < -0.4 is 0 Å². The molecule has 10 nitrogen and oxygen atoms in total. The second kappa shape index (κ2) is 8.18. The summed E-state index contributed by atoms with van der Waals surface area (Å²) in [5, 5.41) is 13.3. The third kappa shape index (κ3) is 4.22. The minimum atomic E-state index is -3.60. The quantitative estimate of drug-likeness (QED) is 0.503. The van der Waals surface area contributed by atoms with Gasteiger partial charge in [-0.25, -0.2) is 13.2 Å². The Balaban J connectivity index is 1.75. The number of aromatic carboxylic acids is 1. The Morgan fingerprint density at radius 2 is 1.97 bits per heavy atom. The summed E-state index contributed by atoms with van der Waals surface area (Å²) in [6.45, 7) is 4.96. The van der Waals surface area contributed by atoms with Gasteiger partial charge in [0.1, 0.15) is 5.69 Å². The number of carbonyl (C=O) groups excluding carboxylic acids is 1. The smallest absolute Gasteiger partial charge is 0.356 e. The zero-order chi connectivity index (χ0) is 23.2. The van der Waals surface area contributed by atoms with Gasteiger partial charge < -0.3 is 19.6 Å². The number of likely N-dealkylation sites (N-methyl/N-ethyl adjacent to an activating group) is 1. The first-order valence-electron chi connectivity index (χ1n) is 10.4. The maximum absolute atomic E-state index is 13.5. The number of amides is 1. The fraction of sp³-hybridized carbons (Fsp3) is 0.750. The van der Waals surface area contributed by atoms with E-state index in [9.17, 15) is 23.1 Å². The van der Waals surface area contributed by atoms with E-state index in [1.807, 2.05) is 19.0 Å². The van der Waals surface area contributed by atoms with Gasteiger partial charge in [-0.3, -0.25) is 9.48 Å². The molecule has 174 valence electrons. The highest BCUT2D eigenvalue weighted by molar-refractivity contribution is 7.94. The summed E-state index contributed by atoms with van der Waals surface area (Å²) in [5.74, 6) is -1.54. The van der Waals surface area contributed by atoms with Crippen LogP contribution in [0.4, 0.5) is 0 Å². The van der Waals surface area contributed by atoms with E-state index in [-0.39, 0.29) is 37.0 Å². The number of aryl methyl sites for hydroxylation is 1. The lowest BCUT2D eigenvalue weighted by Gasteiger charge is -2.35. The molecule has 1 aliphatic heterocycles. The Kier molecular flexibility index (Phi) is 6.25. The van der Waals surface area contributed by atoms with E-state index in [0.717, 1.165) is 0 Å². The third-order valence-electron chi connectivity index (χ3n) is 6.19. The molecule has 1 aromatic rings. The number of fused-ring (bicyclic) bond motifs is 1. The van der Waals surface area contributed by atoms with Crippen molar-refractivity contribution >= 4 is 21.7 Å². The van der Waals surface area contributed by atoms with Gasteiger partial charge in [0.2, 0.25) is 0 Å². The van der Waals surface area contributed by atoms with Crippen molar-refractivity contribution in [1.82, 2.24) is 19.6 Å². The van der Waals surface area contributed by atoms with Gasteiger partial charge >= 0.3 is 5.97 Å². The molecule has 3 rings (SSSR count). The fourth-order valence-electron chi connectivity index (χ4n) is 4.12. The third-order valence-corrected chi connectivity index (χ3v) is 9.44. The normalized spacial score (nSPS) is 18.4. The minimum absolute atomic E-state index is 0.0900. The molecule has 2 aliphatic rings. The van der Waals surface area contributed by atoms with E-state index in [4.69, 9.17) is 4.74 Å². The van der Waals surface area contributed by atoms with E-state index < -0.39 is 25.3 Å². The highest BCUT2D eigenvalue weighted by atomic mass is 32.2. The summed E-state index contributed by atoms with van der Waals surface area (Å²) in [4.78, 5) is 28.0. The number of carboxylic acids is 1. The lowest BCUT2D eigenvalue weighted by molar-refractivity contribution is 0.0688. The standard InChI is InChI=1S/C20H32N4O6S/c1-19(2,13-30-11-10-22(3)4)31(28,29)20(7-8-20)12-24-9-6-14-15(18(26)27)21-23(5)16(14)17(24)25/h6-13H2,1-5H3,(H,26,27). The van der Waals surface area contributed by atoms with Crippen LogP contribution in [0.5, 0.6) is 0 Å². The Morgan fingerprint density at radius 3 is 2.52 bits per heavy atom. The number of aromatic nitrogens is 2. The summed E-state index contributed by atoms with van der Waals surface area (Å²) in [6, 6.07) is 0. The molecule has 1 amide bonds. The highest BCUT2D eigenvalue weighted by Gasteiger charge is 2.61. The number of sulfone groups is 1. The molecular formula is C20H32N4O6S. The number of hydrogen-bond donors (Lipinski definition) is 1. The van der Waals surface area contributed by atoms with Crippen molar-refractivity contribution in [2.45, 2.75) is 42.6 Å². The van der Waals surface area contributed by atoms with Crippen LogP contribution >= 0.6 is 0 Å². The molecule has 31 heavy (non-hydrogen) atoms. The van der Waals surface area contributed by atoms with Gasteiger partial charge in [-0.2, -0.15) is 5.10 Å². The molecule has 1 aromatic heterocycles. The van der Waals surface area contributed by atoms with Gasteiger partial charge in [0, 0.05) is 32.2 Å². The second-order valence-electron chi connectivity index (χ2n) is 9.38. The number of ether oxygens (including phenoxy) is 1. The van der Waals surface area contributed by atoms with Crippen LogP contribution in [-0.4, -0.2) is 101 Å². The molecule has 1 aliphatic carbocycles. The summed E-state index contributed by atoms with van der Waals surface area (Å²) in [6.07, 6.45) is 1.33. The lowest BCUT2D eigenvalue weighted by Crippen LogP contribution is -2.52. The summed E-state index contributed by atoms with van der Waals surface area (Å²) in [7, 11) is 1.78. The first-order chi connectivity index (χ1) is 14.3. The van der Waals surface area contributed by atoms with Crippen LogP contribution in [-0.2, 0) is 28.0 Å². The van der Waals surface area contributed by atoms with Crippen LogP contribution in [0.2, 0.25) is 0 Å². The predicted molar refractivity (Wildman–Crippen MR) is 114 cm³/mol. The van der Waals surface area contributed by atoms with Gasteiger partial charge in [0.05, 0.1) is 22.7 Å². The highest BCUT2D eigenvalue weighted by Crippen LogP contribution is 2.49. The van der Waals surface area contributed by atoms with Gasteiger partial charge in [-0.15, -0.1) is 0 Å². The maximum Gasteiger partial charge on any atom is 0.356 e. The molecule has 0 aromatic carbocycles. The molecule has 11 heteroatoms. The van der Waals surface area contributed by atoms with Gasteiger partial charge in [-0.05, 0) is 47.2 Å². The number of hydrogen-bond acceptors (Lipinski definition) is 7. The van der Waals surface area contributed by atoms with Crippen LogP contribution in [0, 0.1) is 0 Å². The summed E-state index contributed by atoms with van der Waals surface area (Å²) < 4.78 is 31.9. The lowest BCUT2D eigenvalue weighted by atomic mass is 10.0. The molecule has 0 saturated heterocycles. The van der Waals surface area contributed by atoms with Gasteiger partial charge in [-0.1, -0.05) is 0 Å². The largest absolute Gasteiger partial charge is 0.476 e. The van der Waals surface area contributed by atoms with Crippen molar-refractivity contribution < 1.29 is 27.9 Å². The van der Waals surface area contributed by atoms with Crippen LogP contribution in [0.3, 0.4) is 0 Å². The van der Waals surface area contributed by atoms with Crippen molar-refractivity contribution in [3.63, 3.8) is 0 Å². The average molecular weight is 457 g/mol. The molecule has 0 unspecified atom stereocenters. The summed E-state index contributed by atoms with van der Waals surface area (Å²) in [5.41, 5.74) is 0.525. The summed E-state index contributed by atoms with van der Waals surface area (Å²) >= 11 is 0. The van der Waals surface area contributed by atoms with E-state index in [0.29, 0.717) is 38.0 Å². The molecule has 0 atom stereocenters. The molecule has 1 saturated carbocycles. The van der Waals surface area contributed by atoms with Crippen molar-refractivity contribution in [1.29, 1.82) is 0 Å². The Hall–Kier alpha value is -1.98. The first kappa shape index (κ1) is 23.7. The average Bonchev–Trinajstić information content (AvgIpc) is 3.38. The van der Waals surface area contributed by atoms with Crippen molar-refractivity contribution in [3.8, 4) is 0 Å². The predicted octanol–water partition coefficient (Wildman–Crippen LogP) is 0.421. The number of nitrogens with zero attached hydrogens (tertiary/aromatic N) is 4.